The van der Waals surface area contributed by atoms with Crippen LogP contribution in [-0.4, -0.2) is 75.9 Å². The second-order valence-electron chi connectivity index (χ2n) is 9.49. The smallest absolute Gasteiger partial charge is 0.327 e. The molecule has 174 valence electrons. The largest absolute Gasteiger partial charge is 0.331 e. The van der Waals surface area contributed by atoms with E-state index >= 15 is 0 Å². The second kappa shape index (κ2) is 8.54. The maximum absolute atomic E-state index is 13.4. The summed E-state index contributed by atoms with van der Waals surface area (Å²) < 4.78 is 0. The molecular formula is C23H32N4O5. The summed E-state index contributed by atoms with van der Waals surface area (Å²) in [4.78, 5) is 54.7. The highest BCUT2D eigenvalue weighted by Crippen LogP contribution is 2.51. The Labute approximate surface area is 188 Å². The molecule has 0 radical (unpaired) electrons. The minimum atomic E-state index is -1.20. The van der Waals surface area contributed by atoms with Crippen LogP contribution in [0.15, 0.2) is 24.3 Å². The first-order valence-corrected chi connectivity index (χ1v) is 10.8. The van der Waals surface area contributed by atoms with Gasteiger partial charge in [0.1, 0.15) is 11.6 Å². The number of rotatable bonds is 8. The number of carbonyl (C=O) groups excluding carboxylic acids is 4. The van der Waals surface area contributed by atoms with Gasteiger partial charge in [-0.1, -0.05) is 29.8 Å². The van der Waals surface area contributed by atoms with Gasteiger partial charge in [0.05, 0.1) is 6.54 Å². The summed E-state index contributed by atoms with van der Waals surface area (Å²) in [5, 5.41) is 9.26. The van der Waals surface area contributed by atoms with Gasteiger partial charge in [-0.05, 0) is 52.0 Å². The molecule has 1 saturated carbocycles. The number of aryl methyl sites for hydroxylation is 2. The minimum Gasteiger partial charge on any atom is -0.331 e. The lowest BCUT2D eigenvalue weighted by atomic mass is 9.94. The van der Waals surface area contributed by atoms with Gasteiger partial charge in [0.25, 0.3) is 11.8 Å². The quantitative estimate of drug-likeness (QED) is 0.360. The number of nitrogens with one attached hydrogen (secondary N) is 1. The van der Waals surface area contributed by atoms with Crippen LogP contribution in [0.3, 0.4) is 0 Å². The monoisotopic (exact) mass is 444 g/mol. The SMILES string of the molecule is Cc1cccc(CCC2(C(=O)N(C)[C@H](CN3C(=O)N(C)C(C)(C)C3=O)C(=O)NO)CC2)c1. The standard InChI is InChI=1S/C23H32N4O5/c1-15-7-6-8-16(13-15)9-10-23(11-12-23)20(30)25(4)17(18(28)24-32)14-27-19(29)22(2,3)26(5)21(27)31/h6-8,13,17,32H,9-12,14H2,1-5H3,(H,24,28)/t17-/m1/s1. The highest BCUT2D eigenvalue weighted by Gasteiger charge is 2.54. The number of carbonyl (C=O) groups is 4. The molecule has 5 amide bonds. The third-order valence-electron chi connectivity index (χ3n) is 6.96. The molecule has 32 heavy (non-hydrogen) atoms. The van der Waals surface area contributed by atoms with E-state index in [1.165, 1.54) is 23.9 Å². The van der Waals surface area contributed by atoms with Gasteiger partial charge in [-0.3, -0.25) is 24.5 Å². The maximum Gasteiger partial charge on any atom is 0.327 e. The Morgan fingerprint density at radius 1 is 1.25 bits per heavy atom. The molecule has 0 aromatic heterocycles. The van der Waals surface area contributed by atoms with Crippen LogP contribution in [0.5, 0.6) is 0 Å². The summed E-state index contributed by atoms with van der Waals surface area (Å²) in [5.41, 5.74) is 2.26. The van der Waals surface area contributed by atoms with Gasteiger partial charge in [-0.25, -0.2) is 10.3 Å². The van der Waals surface area contributed by atoms with Gasteiger partial charge < -0.3 is 9.80 Å². The zero-order valence-electron chi connectivity index (χ0n) is 19.3. The van der Waals surface area contributed by atoms with Crippen molar-refractivity contribution in [1.82, 2.24) is 20.2 Å². The van der Waals surface area contributed by atoms with Gasteiger partial charge in [0.15, 0.2) is 0 Å². The number of amides is 5. The minimum absolute atomic E-state index is 0.217. The van der Waals surface area contributed by atoms with E-state index in [2.05, 4.69) is 6.07 Å². The van der Waals surface area contributed by atoms with Crippen molar-refractivity contribution >= 4 is 23.8 Å². The van der Waals surface area contributed by atoms with Crippen molar-refractivity contribution in [3.63, 3.8) is 0 Å². The number of imide groups is 1. The fraction of sp³-hybridized carbons (Fsp3) is 0.565. The van der Waals surface area contributed by atoms with Gasteiger partial charge in [-0.2, -0.15) is 0 Å². The lowest BCUT2D eigenvalue weighted by molar-refractivity contribution is -0.148. The van der Waals surface area contributed by atoms with Gasteiger partial charge in [0.2, 0.25) is 5.91 Å². The lowest BCUT2D eigenvalue weighted by Gasteiger charge is -2.32. The predicted octanol–water partition coefficient (Wildman–Crippen LogP) is 1.71. The number of hydrogen-bond donors (Lipinski definition) is 2. The summed E-state index contributed by atoms with van der Waals surface area (Å²) >= 11 is 0. The molecule has 0 bridgehead atoms. The molecular weight excluding hydrogens is 412 g/mol. The van der Waals surface area contributed by atoms with E-state index in [1.54, 1.807) is 19.3 Å². The molecule has 0 spiro atoms. The van der Waals surface area contributed by atoms with Crippen LogP contribution in [-0.2, 0) is 20.8 Å². The Bertz CT molecular complexity index is 940. The van der Waals surface area contributed by atoms with E-state index in [-0.39, 0.29) is 12.5 Å². The van der Waals surface area contributed by atoms with Crippen molar-refractivity contribution in [1.29, 1.82) is 0 Å². The Balaban J connectivity index is 1.75. The lowest BCUT2D eigenvalue weighted by Crippen LogP contribution is -2.55. The number of benzene rings is 1. The van der Waals surface area contributed by atoms with Crippen molar-refractivity contribution in [2.24, 2.45) is 5.41 Å². The van der Waals surface area contributed by atoms with E-state index in [0.717, 1.165) is 22.4 Å². The molecule has 1 saturated heterocycles. The van der Waals surface area contributed by atoms with Crippen LogP contribution in [0.25, 0.3) is 0 Å². The Morgan fingerprint density at radius 2 is 1.91 bits per heavy atom. The summed E-state index contributed by atoms with van der Waals surface area (Å²) in [7, 11) is 3.00. The Morgan fingerprint density at radius 3 is 2.41 bits per heavy atom. The van der Waals surface area contributed by atoms with Crippen molar-refractivity contribution in [2.75, 3.05) is 20.6 Å². The van der Waals surface area contributed by atoms with Crippen LogP contribution in [0.2, 0.25) is 0 Å². The Hall–Kier alpha value is -2.94. The van der Waals surface area contributed by atoms with Gasteiger partial charge in [-0.15, -0.1) is 0 Å². The van der Waals surface area contributed by atoms with E-state index in [9.17, 15) is 24.4 Å². The number of hydrogen-bond acceptors (Lipinski definition) is 5. The number of hydroxylamine groups is 1. The fourth-order valence-electron chi connectivity index (χ4n) is 4.26. The molecule has 2 aliphatic rings. The van der Waals surface area contributed by atoms with Gasteiger partial charge in [0, 0.05) is 19.5 Å². The maximum atomic E-state index is 13.4. The van der Waals surface area contributed by atoms with E-state index < -0.39 is 34.8 Å². The molecule has 2 fully saturated rings. The van der Waals surface area contributed by atoms with Crippen LogP contribution in [0, 0.1) is 12.3 Å². The third-order valence-corrected chi connectivity index (χ3v) is 6.96. The van der Waals surface area contributed by atoms with Crippen molar-refractivity contribution < 1.29 is 24.4 Å². The van der Waals surface area contributed by atoms with Crippen molar-refractivity contribution in [3.8, 4) is 0 Å². The average Bonchev–Trinajstić information content (AvgIpc) is 3.54. The molecule has 3 rings (SSSR count). The molecule has 1 aliphatic heterocycles. The van der Waals surface area contributed by atoms with Crippen molar-refractivity contribution in [3.05, 3.63) is 35.4 Å². The molecule has 2 N–H and O–H groups in total. The number of urea groups is 1. The first kappa shape index (κ1) is 23.7. The highest BCUT2D eigenvalue weighted by atomic mass is 16.5. The number of likely N-dealkylation sites (N-methyl/N-ethyl adjacent to an activating group) is 2. The zero-order chi connectivity index (χ0) is 23.8. The summed E-state index contributed by atoms with van der Waals surface area (Å²) in [6.07, 6.45) is 2.81. The summed E-state index contributed by atoms with van der Waals surface area (Å²) in [5.74, 6) is -1.52. The molecule has 1 aromatic carbocycles. The molecule has 9 heteroatoms. The molecule has 0 unspecified atom stereocenters. The first-order valence-electron chi connectivity index (χ1n) is 10.8. The fourth-order valence-corrected chi connectivity index (χ4v) is 4.26. The van der Waals surface area contributed by atoms with E-state index in [4.69, 9.17) is 0 Å². The van der Waals surface area contributed by atoms with Crippen molar-refractivity contribution in [2.45, 2.75) is 58.0 Å². The van der Waals surface area contributed by atoms with Crippen LogP contribution < -0.4 is 5.48 Å². The molecule has 1 heterocycles. The topological polar surface area (TPSA) is 110 Å². The molecule has 9 nitrogen and oxygen atoms in total. The number of nitrogens with zero attached hydrogens (tertiary/aromatic N) is 3. The predicted molar refractivity (Wildman–Crippen MR) is 117 cm³/mol. The molecule has 1 aliphatic carbocycles. The summed E-state index contributed by atoms with van der Waals surface area (Å²) in [6.45, 7) is 4.93. The third kappa shape index (κ3) is 4.21. The molecule has 1 aromatic rings. The van der Waals surface area contributed by atoms with Crippen LogP contribution in [0.1, 0.15) is 44.2 Å². The average molecular weight is 445 g/mol. The van der Waals surface area contributed by atoms with Crippen LogP contribution in [0.4, 0.5) is 4.79 Å². The Kier molecular flexibility index (Phi) is 6.33. The van der Waals surface area contributed by atoms with Crippen LogP contribution >= 0.6 is 0 Å². The van der Waals surface area contributed by atoms with Gasteiger partial charge >= 0.3 is 6.03 Å². The normalized spacial score (nSPS) is 19.7. The second-order valence-corrected chi connectivity index (χ2v) is 9.49. The first-order chi connectivity index (χ1) is 14.9. The van der Waals surface area contributed by atoms with E-state index in [1.807, 2.05) is 25.1 Å². The summed E-state index contributed by atoms with van der Waals surface area (Å²) in [6, 6.07) is 6.39. The highest BCUT2D eigenvalue weighted by molar-refractivity contribution is 6.07. The zero-order valence-corrected chi connectivity index (χ0v) is 19.3. The molecule has 1 atom stereocenters. The van der Waals surface area contributed by atoms with E-state index in [0.29, 0.717) is 19.3 Å².